The summed E-state index contributed by atoms with van der Waals surface area (Å²) >= 11 is 0. The number of ether oxygens (including phenoxy) is 1. The molecule has 1 aliphatic heterocycles. The monoisotopic (exact) mass is 270 g/mol. The molecule has 1 aliphatic rings. The first-order chi connectivity index (χ1) is 8.47. The molecule has 0 spiro atoms. The fourth-order valence-corrected chi connectivity index (χ4v) is 2.48. The maximum absolute atomic E-state index is 12.0. The minimum absolute atomic E-state index is 0.0443. The Labute approximate surface area is 115 Å². The van der Waals surface area contributed by atoms with Crippen molar-refractivity contribution in [1.82, 2.24) is 0 Å². The van der Waals surface area contributed by atoms with Gasteiger partial charge in [-0.15, -0.1) is 6.58 Å². The average Bonchev–Trinajstić information content (AvgIpc) is 2.59. The van der Waals surface area contributed by atoms with Crippen molar-refractivity contribution >= 4 is 5.78 Å². The Hall–Kier alpha value is -0.710. The van der Waals surface area contributed by atoms with E-state index in [-0.39, 0.29) is 24.7 Å². The van der Waals surface area contributed by atoms with Crippen molar-refractivity contribution in [2.24, 2.45) is 0 Å². The molecule has 0 aromatic rings. The SMILES string of the molecule is C=CC(C)(O)CC(=O)C[C@]1(C)CC[C@H](C(C)(C)O)O1. The van der Waals surface area contributed by atoms with Gasteiger partial charge in [0.15, 0.2) is 0 Å². The van der Waals surface area contributed by atoms with E-state index in [1.165, 1.54) is 6.08 Å². The molecule has 0 aromatic heterocycles. The lowest BCUT2D eigenvalue weighted by atomic mass is 9.90. The third-order valence-electron chi connectivity index (χ3n) is 3.72. The van der Waals surface area contributed by atoms with Crippen molar-refractivity contribution in [3.05, 3.63) is 12.7 Å². The highest BCUT2D eigenvalue weighted by atomic mass is 16.5. The maximum Gasteiger partial charge on any atom is 0.138 e. The van der Waals surface area contributed by atoms with Crippen LogP contribution in [0.2, 0.25) is 0 Å². The lowest BCUT2D eigenvalue weighted by molar-refractivity contribution is -0.138. The summed E-state index contributed by atoms with van der Waals surface area (Å²) < 4.78 is 5.85. The van der Waals surface area contributed by atoms with E-state index in [4.69, 9.17) is 4.74 Å². The van der Waals surface area contributed by atoms with Gasteiger partial charge in [-0.25, -0.2) is 0 Å². The van der Waals surface area contributed by atoms with E-state index in [0.717, 1.165) is 12.8 Å². The summed E-state index contributed by atoms with van der Waals surface area (Å²) in [6.07, 6.45) is 2.91. The Morgan fingerprint density at radius 1 is 1.47 bits per heavy atom. The molecule has 110 valence electrons. The van der Waals surface area contributed by atoms with E-state index in [2.05, 4.69) is 6.58 Å². The predicted octanol–water partition coefficient (Wildman–Crippen LogP) is 1.98. The number of hydrogen-bond donors (Lipinski definition) is 2. The van der Waals surface area contributed by atoms with Crippen molar-refractivity contribution in [3.63, 3.8) is 0 Å². The highest BCUT2D eigenvalue weighted by Crippen LogP contribution is 2.37. The van der Waals surface area contributed by atoms with Crippen molar-refractivity contribution in [1.29, 1.82) is 0 Å². The minimum atomic E-state index is -1.16. The van der Waals surface area contributed by atoms with E-state index in [9.17, 15) is 15.0 Å². The molecule has 0 radical (unpaired) electrons. The van der Waals surface area contributed by atoms with Gasteiger partial charge in [0.05, 0.1) is 22.9 Å². The zero-order valence-electron chi connectivity index (χ0n) is 12.4. The van der Waals surface area contributed by atoms with Crippen LogP contribution in [-0.4, -0.2) is 38.9 Å². The van der Waals surface area contributed by atoms with Crippen LogP contribution in [0.4, 0.5) is 0 Å². The van der Waals surface area contributed by atoms with E-state index < -0.39 is 16.8 Å². The first-order valence-corrected chi connectivity index (χ1v) is 6.75. The molecule has 2 N–H and O–H groups in total. The summed E-state index contributed by atoms with van der Waals surface area (Å²) in [5, 5.41) is 19.8. The topological polar surface area (TPSA) is 66.8 Å². The Bertz CT molecular complexity index is 354. The van der Waals surface area contributed by atoms with E-state index >= 15 is 0 Å². The average molecular weight is 270 g/mol. The summed E-state index contributed by atoms with van der Waals surface area (Å²) in [5.41, 5.74) is -2.60. The maximum atomic E-state index is 12.0. The Balaban J connectivity index is 2.58. The third kappa shape index (κ3) is 4.71. The second-order valence-corrected chi connectivity index (χ2v) is 6.70. The lowest BCUT2D eigenvalue weighted by Crippen LogP contribution is -2.39. The van der Waals surface area contributed by atoms with Gasteiger partial charge < -0.3 is 14.9 Å². The van der Waals surface area contributed by atoms with Crippen molar-refractivity contribution in [2.75, 3.05) is 0 Å². The summed E-state index contributed by atoms with van der Waals surface area (Å²) in [4.78, 5) is 12.0. The highest BCUT2D eigenvalue weighted by Gasteiger charge is 2.43. The molecule has 0 aromatic carbocycles. The van der Waals surface area contributed by atoms with Crippen LogP contribution in [0.15, 0.2) is 12.7 Å². The van der Waals surface area contributed by atoms with E-state index in [0.29, 0.717) is 0 Å². The van der Waals surface area contributed by atoms with Gasteiger partial charge in [-0.3, -0.25) is 4.79 Å². The zero-order chi connectivity index (χ0) is 14.9. The lowest BCUT2D eigenvalue weighted by Gasteiger charge is -2.30. The smallest absolute Gasteiger partial charge is 0.138 e. The van der Waals surface area contributed by atoms with Crippen LogP contribution in [-0.2, 0) is 9.53 Å². The number of Topliss-reactive ketones (excluding diaryl/α,β-unsaturated/α-hetero) is 1. The van der Waals surface area contributed by atoms with Gasteiger partial charge in [-0.05, 0) is 40.5 Å². The first kappa shape index (κ1) is 16.3. The summed E-state index contributed by atoms with van der Waals surface area (Å²) in [5.74, 6) is -0.0520. The molecule has 1 heterocycles. The molecule has 0 saturated carbocycles. The molecule has 0 amide bonds. The molecule has 1 unspecified atom stereocenters. The molecular weight excluding hydrogens is 244 g/mol. The second-order valence-electron chi connectivity index (χ2n) is 6.70. The number of hydrogen-bond acceptors (Lipinski definition) is 4. The molecular formula is C15H26O4. The van der Waals surface area contributed by atoms with Crippen LogP contribution in [0.5, 0.6) is 0 Å². The second kappa shape index (κ2) is 5.35. The van der Waals surface area contributed by atoms with Gasteiger partial charge in [0.1, 0.15) is 5.78 Å². The van der Waals surface area contributed by atoms with E-state index in [1.807, 2.05) is 6.92 Å². The molecule has 1 fully saturated rings. The minimum Gasteiger partial charge on any atom is -0.388 e. The number of carbonyl (C=O) groups is 1. The summed E-state index contributed by atoms with van der Waals surface area (Å²) in [6, 6.07) is 0. The quantitative estimate of drug-likeness (QED) is 0.724. The Morgan fingerprint density at radius 3 is 2.47 bits per heavy atom. The van der Waals surface area contributed by atoms with Crippen LogP contribution in [0.25, 0.3) is 0 Å². The molecule has 19 heavy (non-hydrogen) atoms. The third-order valence-corrected chi connectivity index (χ3v) is 3.72. The standard InChI is InChI=1S/C15H26O4/c1-6-14(4,18)9-11(16)10-15(5)8-7-12(19-15)13(2,3)17/h6,12,17-18H,1,7-10H2,2-5H3/t12-,14?,15+/m1/s1. The van der Waals surface area contributed by atoms with Crippen LogP contribution in [0.3, 0.4) is 0 Å². The van der Waals surface area contributed by atoms with Crippen LogP contribution < -0.4 is 0 Å². The van der Waals surface area contributed by atoms with Crippen molar-refractivity contribution in [3.8, 4) is 0 Å². The summed E-state index contributed by atoms with van der Waals surface area (Å²) in [6.45, 7) is 10.4. The molecule has 0 bridgehead atoms. The first-order valence-electron chi connectivity index (χ1n) is 6.75. The highest BCUT2D eigenvalue weighted by molar-refractivity contribution is 5.80. The number of carbonyl (C=O) groups excluding carboxylic acids is 1. The van der Waals surface area contributed by atoms with Crippen LogP contribution in [0, 0.1) is 0 Å². The molecule has 1 saturated heterocycles. The van der Waals surface area contributed by atoms with Gasteiger partial charge in [-0.1, -0.05) is 6.08 Å². The molecule has 0 aliphatic carbocycles. The van der Waals surface area contributed by atoms with E-state index in [1.54, 1.807) is 20.8 Å². The van der Waals surface area contributed by atoms with Crippen molar-refractivity contribution < 1.29 is 19.7 Å². The largest absolute Gasteiger partial charge is 0.388 e. The normalized spacial score (nSPS) is 30.9. The van der Waals surface area contributed by atoms with Crippen LogP contribution in [0.1, 0.15) is 53.4 Å². The fourth-order valence-electron chi connectivity index (χ4n) is 2.48. The molecule has 1 rings (SSSR count). The van der Waals surface area contributed by atoms with Crippen LogP contribution >= 0.6 is 0 Å². The predicted molar refractivity (Wildman–Crippen MR) is 73.9 cm³/mol. The number of ketones is 1. The molecule has 4 heteroatoms. The van der Waals surface area contributed by atoms with Gasteiger partial charge in [0, 0.05) is 12.8 Å². The van der Waals surface area contributed by atoms with Crippen molar-refractivity contribution in [2.45, 2.75) is 76.3 Å². The van der Waals surface area contributed by atoms with Gasteiger partial charge in [-0.2, -0.15) is 0 Å². The number of rotatable bonds is 6. The number of aliphatic hydroxyl groups is 2. The van der Waals surface area contributed by atoms with Gasteiger partial charge in [0.2, 0.25) is 0 Å². The Kier molecular flexibility index (Phi) is 4.60. The fraction of sp³-hybridized carbons (Fsp3) is 0.800. The Morgan fingerprint density at radius 2 is 2.05 bits per heavy atom. The van der Waals surface area contributed by atoms with Gasteiger partial charge in [0.25, 0.3) is 0 Å². The van der Waals surface area contributed by atoms with Gasteiger partial charge >= 0.3 is 0 Å². The molecule has 3 atom stereocenters. The zero-order valence-corrected chi connectivity index (χ0v) is 12.4. The summed E-state index contributed by atoms with van der Waals surface area (Å²) in [7, 11) is 0. The molecule has 4 nitrogen and oxygen atoms in total.